The Bertz CT molecular complexity index is 855. The van der Waals surface area contributed by atoms with Gasteiger partial charge in [0, 0.05) is 6.04 Å². The lowest BCUT2D eigenvalue weighted by molar-refractivity contribution is -0.119. The standard InChI is InChI=1S/C19H22N2O3S/c1-14-10-15(2)12-17(11-14)21(13-19(22)20-16-8-9-16)25(23,24)18-6-4-3-5-7-18/h3-7,10-12,16H,8-9,13H2,1-2H3,(H,20,22). The highest BCUT2D eigenvalue weighted by Crippen LogP contribution is 2.26. The van der Waals surface area contributed by atoms with E-state index in [1.165, 1.54) is 4.31 Å². The van der Waals surface area contributed by atoms with Crippen LogP contribution in [-0.2, 0) is 14.8 Å². The molecular weight excluding hydrogens is 336 g/mol. The van der Waals surface area contributed by atoms with E-state index in [1.54, 1.807) is 42.5 Å². The van der Waals surface area contributed by atoms with Gasteiger partial charge >= 0.3 is 0 Å². The van der Waals surface area contributed by atoms with Gasteiger partial charge in [-0.2, -0.15) is 0 Å². The molecule has 0 unspecified atom stereocenters. The van der Waals surface area contributed by atoms with Crippen molar-refractivity contribution in [1.82, 2.24) is 5.32 Å². The molecule has 1 N–H and O–H groups in total. The molecule has 3 rings (SSSR count). The summed E-state index contributed by atoms with van der Waals surface area (Å²) >= 11 is 0. The van der Waals surface area contributed by atoms with E-state index >= 15 is 0 Å². The second kappa shape index (κ2) is 6.88. The Morgan fingerprint density at radius 2 is 1.68 bits per heavy atom. The molecule has 0 atom stereocenters. The number of rotatable bonds is 6. The molecule has 0 heterocycles. The Balaban J connectivity index is 2.00. The van der Waals surface area contributed by atoms with Crippen LogP contribution in [0.4, 0.5) is 5.69 Å². The number of hydrogen-bond donors (Lipinski definition) is 1. The molecular formula is C19H22N2O3S. The molecule has 0 aliphatic heterocycles. The number of amides is 1. The van der Waals surface area contributed by atoms with E-state index in [0.717, 1.165) is 24.0 Å². The Hall–Kier alpha value is -2.34. The second-order valence-corrected chi connectivity index (χ2v) is 8.37. The number of benzene rings is 2. The molecule has 2 aromatic carbocycles. The number of carbonyl (C=O) groups excluding carboxylic acids is 1. The first kappa shape index (κ1) is 17.5. The summed E-state index contributed by atoms with van der Waals surface area (Å²) in [5, 5.41) is 2.86. The highest BCUT2D eigenvalue weighted by atomic mass is 32.2. The number of carbonyl (C=O) groups is 1. The number of hydrogen-bond acceptors (Lipinski definition) is 3. The van der Waals surface area contributed by atoms with Crippen LogP contribution < -0.4 is 9.62 Å². The van der Waals surface area contributed by atoms with E-state index in [9.17, 15) is 13.2 Å². The predicted molar refractivity (Wildman–Crippen MR) is 98.1 cm³/mol. The van der Waals surface area contributed by atoms with E-state index in [-0.39, 0.29) is 23.4 Å². The summed E-state index contributed by atoms with van der Waals surface area (Å²) in [6, 6.07) is 13.9. The van der Waals surface area contributed by atoms with E-state index < -0.39 is 10.0 Å². The minimum Gasteiger partial charge on any atom is -0.352 e. The van der Waals surface area contributed by atoms with Crippen LogP contribution in [0.1, 0.15) is 24.0 Å². The smallest absolute Gasteiger partial charge is 0.264 e. The zero-order chi connectivity index (χ0) is 18.0. The first-order valence-electron chi connectivity index (χ1n) is 8.32. The topological polar surface area (TPSA) is 66.5 Å². The van der Waals surface area contributed by atoms with Crippen molar-refractivity contribution in [3.05, 3.63) is 59.7 Å². The third-order valence-electron chi connectivity index (χ3n) is 4.06. The quantitative estimate of drug-likeness (QED) is 0.863. The first-order chi connectivity index (χ1) is 11.9. The second-order valence-electron chi connectivity index (χ2n) is 6.51. The summed E-state index contributed by atoms with van der Waals surface area (Å²) in [7, 11) is -3.83. The number of nitrogens with one attached hydrogen (secondary N) is 1. The van der Waals surface area contributed by atoms with E-state index in [2.05, 4.69) is 5.32 Å². The maximum Gasteiger partial charge on any atom is 0.264 e. The summed E-state index contributed by atoms with van der Waals surface area (Å²) in [5.41, 5.74) is 2.41. The number of aryl methyl sites for hydroxylation is 2. The monoisotopic (exact) mass is 358 g/mol. The summed E-state index contributed by atoms with van der Waals surface area (Å²) < 4.78 is 27.5. The Morgan fingerprint density at radius 1 is 1.08 bits per heavy atom. The minimum atomic E-state index is -3.83. The van der Waals surface area contributed by atoms with Crippen LogP contribution in [-0.4, -0.2) is 26.9 Å². The van der Waals surface area contributed by atoms with Crippen molar-refractivity contribution in [2.24, 2.45) is 0 Å². The van der Waals surface area contributed by atoms with Gasteiger partial charge in [0.1, 0.15) is 6.54 Å². The summed E-state index contributed by atoms with van der Waals surface area (Å²) in [6.07, 6.45) is 1.92. The SMILES string of the molecule is Cc1cc(C)cc(N(CC(=O)NC2CC2)S(=O)(=O)c2ccccc2)c1. The molecule has 0 spiro atoms. The van der Waals surface area contributed by atoms with Gasteiger partial charge in [0.25, 0.3) is 10.0 Å². The van der Waals surface area contributed by atoms with Crippen molar-refractivity contribution in [2.45, 2.75) is 37.6 Å². The molecule has 1 aliphatic carbocycles. The lowest BCUT2D eigenvalue weighted by atomic mass is 10.1. The zero-order valence-corrected chi connectivity index (χ0v) is 15.2. The van der Waals surface area contributed by atoms with Crippen molar-refractivity contribution in [2.75, 3.05) is 10.8 Å². The number of nitrogens with zero attached hydrogens (tertiary/aromatic N) is 1. The van der Waals surface area contributed by atoms with Gasteiger partial charge in [0.2, 0.25) is 5.91 Å². The third kappa shape index (κ3) is 4.20. The van der Waals surface area contributed by atoms with Gasteiger partial charge in [0.15, 0.2) is 0 Å². The average Bonchev–Trinajstić information content (AvgIpc) is 3.36. The lowest BCUT2D eigenvalue weighted by Crippen LogP contribution is -2.41. The molecule has 25 heavy (non-hydrogen) atoms. The fraction of sp³-hybridized carbons (Fsp3) is 0.316. The van der Waals surface area contributed by atoms with E-state index in [4.69, 9.17) is 0 Å². The average molecular weight is 358 g/mol. The fourth-order valence-corrected chi connectivity index (χ4v) is 4.19. The summed E-state index contributed by atoms with van der Waals surface area (Å²) in [4.78, 5) is 12.5. The highest BCUT2D eigenvalue weighted by Gasteiger charge is 2.30. The van der Waals surface area contributed by atoms with Gasteiger partial charge in [-0.1, -0.05) is 24.3 Å². The van der Waals surface area contributed by atoms with Gasteiger partial charge in [-0.05, 0) is 62.1 Å². The van der Waals surface area contributed by atoms with Crippen molar-refractivity contribution in [3.63, 3.8) is 0 Å². The summed E-state index contributed by atoms with van der Waals surface area (Å²) in [5.74, 6) is -0.277. The van der Waals surface area contributed by atoms with Crippen LogP contribution in [0.2, 0.25) is 0 Å². The van der Waals surface area contributed by atoms with Gasteiger partial charge in [-0.25, -0.2) is 8.42 Å². The molecule has 5 nitrogen and oxygen atoms in total. The third-order valence-corrected chi connectivity index (χ3v) is 5.84. The molecule has 0 bridgehead atoms. The maximum absolute atomic E-state index is 13.1. The van der Waals surface area contributed by atoms with Crippen LogP contribution in [0, 0.1) is 13.8 Å². The highest BCUT2D eigenvalue weighted by molar-refractivity contribution is 7.92. The largest absolute Gasteiger partial charge is 0.352 e. The van der Waals surface area contributed by atoms with Crippen molar-refractivity contribution in [1.29, 1.82) is 0 Å². The summed E-state index contributed by atoms with van der Waals surface area (Å²) in [6.45, 7) is 3.60. The molecule has 1 amide bonds. The van der Waals surface area contributed by atoms with E-state index in [1.807, 2.05) is 19.9 Å². The van der Waals surface area contributed by atoms with Gasteiger partial charge in [0.05, 0.1) is 10.6 Å². The van der Waals surface area contributed by atoms with Crippen LogP contribution in [0.5, 0.6) is 0 Å². The molecule has 1 saturated carbocycles. The Labute approximate surface area is 148 Å². The Morgan fingerprint density at radius 3 is 2.24 bits per heavy atom. The zero-order valence-electron chi connectivity index (χ0n) is 14.4. The molecule has 2 aromatic rings. The number of anilines is 1. The molecule has 0 aromatic heterocycles. The Kier molecular flexibility index (Phi) is 4.81. The van der Waals surface area contributed by atoms with Gasteiger partial charge < -0.3 is 5.32 Å². The van der Waals surface area contributed by atoms with Crippen LogP contribution >= 0.6 is 0 Å². The van der Waals surface area contributed by atoms with Crippen molar-refractivity contribution >= 4 is 21.6 Å². The lowest BCUT2D eigenvalue weighted by Gasteiger charge is -2.25. The molecule has 0 saturated heterocycles. The van der Waals surface area contributed by atoms with Crippen LogP contribution in [0.25, 0.3) is 0 Å². The van der Waals surface area contributed by atoms with Crippen LogP contribution in [0.3, 0.4) is 0 Å². The molecule has 6 heteroatoms. The van der Waals surface area contributed by atoms with Gasteiger partial charge in [-0.3, -0.25) is 9.10 Å². The predicted octanol–water partition coefficient (Wildman–Crippen LogP) is 2.78. The minimum absolute atomic E-state index is 0.174. The molecule has 0 radical (unpaired) electrons. The van der Waals surface area contributed by atoms with Crippen LogP contribution in [0.15, 0.2) is 53.4 Å². The number of sulfonamides is 1. The molecule has 1 fully saturated rings. The molecule has 1 aliphatic rings. The van der Waals surface area contributed by atoms with Crippen molar-refractivity contribution < 1.29 is 13.2 Å². The van der Waals surface area contributed by atoms with E-state index in [0.29, 0.717) is 5.69 Å². The van der Waals surface area contributed by atoms with Crippen molar-refractivity contribution in [3.8, 4) is 0 Å². The molecule has 132 valence electrons. The maximum atomic E-state index is 13.1. The first-order valence-corrected chi connectivity index (χ1v) is 9.76. The van der Waals surface area contributed by atoms with Gasteiger partial charge in [-0.15, -0.1) is 0 Å². The fourth-order valence-electron chi connectivity index (χ4n) is 2.76. The normalized spacial score (nSPS) is 14.2.